The minimum Gasteiger partial charge on any atom is -0.382 e. The first-order chi connectivity index (χ1) is 11.2. The van der Waals surface area contributed by atoms with Gasteiger partial charge in [0.1, 0.15) is 17.0 Å². The Bertz CT molecular complexity index is 1060. The maximum absolute atomic E-state index is 13.5. The van der Waals surface area contributed by atoms with Gasteiger partial charge in [0.05, 0.1) is 11.6 Å². The predicted octanol–water partition coefficient (Wildman–Crippen LogP) is 2.27. The van der Waals surface area contributed by atoms with Gasteiger partial charge in [0.15, 0.2) is 11.5 Å². The molecule has 1 saturated carbocycles. The molecule has 0 aliphatic heterocycles. The molecule has 23 heavy (non-hydrogen) atoms. The summed E-state index contributed by atoms with van der Waals surface area (Å²) in [6, 6.07) is 5.32. The van der Waals surface area contributed by atoms with E-state index >= 15 is 0 Å². The number of fused-ring (bicyclic) bond motifs is 2. The summed E-state index contributed by atoms with van der Waals surface area (Å²) in [6.07, 6.45) is 3.46. The zero-order chi connectivity index (χ0) is 15.6. The molecule has 0 spiro atoms. The second-order valence-corrected chi connectivity index (χ2v) is 5.77. The van der Waals surface area contributed by atoms with Crippen LogP contribution >= 0.6 is 0 Å². The van der Waals surface area contributed by atoms with Gasteiger partial charge in [-0.2, -0.15) is 5.10 Å². The standard InChI is InChI=1S/C15H12FN7/c16-8-5-9-12(20-21-14(9)18-6-8)15-19-13(17)11-4-3-10(7-1-2-7)23(11)22-15/h3-7H,1-2H2,(H2,17,19,22)(H,18,20,21). The van der Waals surface area contributed by atoms with E-state index in [4.69, 9.17) is 5.73 Å². The van der Waals surface area contributed by atoms with Gasteiger partial charge in [-0.15, -0.1) is 5.10 Å². The van der Waals surface area contributed by atoms with E-state index < -0.39 is 5.82 Å². The average molecular weight is 309 g/mol. The number of hydrogen-bond donors (Lipinski definition) is 2. The van der Waals surface area contributed by atoms with Crippen molar-refractivity contribution in [1.29, 1.82) is 0 Å². The molecule has 0 saturated heterocycles. The summed E-state index contributed by atoms with van der Waals surface area (Å²) in [5, 5.41) is 12.1. The van der Waals surface area contributed by atoms with Gasteiger partial charge < -0.3 is 5.73 Å². The fourth-order valence-electron chi connectivity index (χ4n) is 2.88. The van der Waals surface area contributed by atoms with Gasteiger partial charge in [-0.05, 0) is 31.0 Å². The minimum atomic E-state index is -0.436. The fraction of sp³-hybridized carbons (Fsp3) is 0.200. The van der Waals surface area contributed by atoms with Crippen molar-refractivity contribution in [3.8, 4) is 11.5 Å². The lowest BCUT2D eigenvalue weighted by atomic mass is 10.2. The maximum atomic E-state index is 13.5. The first-order valence-electron chi connectivity index (χ1n) is 7.36. The van der Waals surface area contributed by atoms with Gasteiger partial charge in [-0.1, -0.05) is 0 Å². The van der Waals surface area contributed by atoms with E-state index in [1.54, 1.807) is 0 Å². The lowest BCUT2D eigenvalue weighted by Gasteiger charge is -2.05. The summed E-state index contributed by atoms with van der Waals surface area (Å²) in [5.74, 6) is 0.817. The van der Waals surface area contributed by atoms with E-state index in [1.807, 2.05) is 16.6 Å². The third kappa shape index (κ3) is 1.81. The topological polar surface area (TPSA) is 97.8 Å². The smallest absolute Gasteiger partial charge is 0.203 e. The second-order valence-electron chi connectivity index (χ2n) is 5.77. The van der Waals surface area contributed by atoms with Crippen LogP contribution in [0.15, 0.2) is 24.4 Å². The van der Waals surface area contributed by atoms with Crippen LogP contribution in [0.25, 0.3) is 28.1 Å². The highest BCUT2D eigenvalue weighted by Crippen LogP contribution is 2.41. The van der Waals surface area contributed by atoms with E-state index in [0.717, 1.165) is 30.2 Å². The zero-order valence-electron chi connectivity index (χ0n) is 12.0. The van der Waals surface area contributed by atoms with Crippen LogP contribution in [0.3, 0.4) is 0 Å². The minimum absolute atomic E-state index is 0.353. The number of rotatable bonds is 2. The summed E-state index contributed by atoms with van der Waals surface area (Å²) in [5.41, 5.74) is 8.90. The largest absolute Gasteiger partial charge is 0.382 e. The number of H-pyrrole nitrogens is 1. The summed E-state index contributed by atoms with van der Waals surface area (Å²) in [7, 11) is 0. The first-order valence-corrected chi connectivity index (χ1v) is 7.36. The molecule has 0 unspecified atom stereocenters. The van der Waals surface area contributed by atoms with E-state index in [0.29, 0.717) is 34.3 Å². The summed E-state index contributed by atoms with van der Waals surface area (Å²) in [6.45, 7) is 0. The highest BCUT2D eigenvalue weighted by molar-refractivity contribution is 5.89. The molecule has 3 N–H and O–H groups in total. The van der Waals surface area contributed by atoms with Gasteiger partial charge in [0, 0.05) is 11.6 Å². The quantitative estimate of drug-likeness (QED) is 0.592. The van der Waals surface area contributed by atoms with Crippen molar-refractivity contribution in [2.24, 2.45) is 0 Å². The normalized spacial score (nSPS) is 14.8. The number of nitrogen functional groups attached to an aromatic ring is 1. The van der Waals surface area contributed by atoms with Crippen LogP contribution in [0.2, 0.25) is 0 Å². The van der Waals surface area contributed by atoms with Crippen molar-refractivity contribution in [1.82, 2.24) is 29.8 Å². The SMILES string of the molecule is Nc1nc(-c2n[nH]c3ncc(F)cc23)nn2c(C3CC3)ccc12. The van der Waals surface area contributed by atoms with E-state index in [9.17, 15) is 4.39 Å². The van der Waals surface area contributed by atoms with Crippen LogP contribution in [-0.4, -0.2) is 29.8 Å². The molecule has 1 fully saturated rings. The van der Waals surface area contributed by atoms with Crippen LogP contribution in [0.1, 0.15) is 24.5 Å². The third-order valence-electron chi connectivity index (χ3n) is 4.16. The van der Waals surface area contributed by atoms with Crippen LogP contribution in [0.5, 0.6) is 0 Å². The van der Waals surface area contributed by atoms with Crippen LogP contribution in [-0.2, 0) is 0 Å². The number of aromatic amines is 1. The third-order valence-corrected chi connectivity index (χ3v) is 4.16. The Morgan fingerprint density at radius 3 is 3.00 bits per heavy atom. The molecule has 4 aromatic heterocycles. The van der Waals surface area contributed by atoms with Crippen LogP contribution in [0.4, 0.5) is 10.2 Å². The maximum Gasteiger partial charge on any atom is 0.203 e. The molecular formula is C15H12FN7. The number of anilines is 1. The van der Waals surface area contributed by atoms with Crippen molar-refractivity contribution in [3.05, 3.63) is 35.9 Å². The Balaban J connectivity index is 1.78. The molecule has 0 amide bonds. The fourth-order valence-corrected chi connectivity index (χ4v) is 2.88. The van der Waals surface area contributed by atoms with Gasteiger partial charge in [-0.3, -0.25) is 5.10 Å². The Labute approximate surface area is 129 Å². The molecule has 1 aliphatic rings. The summed E-state index contributed by atoms with van der Waals surface area (Å²) < 4.78 is 15.3. The Hall–Kier alpha value is -3.03. The van der Waals surface area contributed by atoms with Gasteiger partial charge >= 0.3 is 0 Å². The molecule has 1 aliphatic carbocycles. The molecule has 5 rings (SSSR count). The average Bonchev–Trinajstić information content (AvgIpc) is 3.15. The monoisotopic (exact) mass is 309 g/mol. The second kappa shape index (κ2) is 4.25. The molecular weight excluding hydrogens is 297 g/mol. The molecule has 4 aromatic rings. The van der Waals surface area contributed by atoms with Crippen LogP contribution < -0.4 is 5.73 Å². The molecule has 0 aromatic carbocycles. The van der Waals surface area contributed by atoms with Gasteiger partial charge in [-0.25, -0.2) is 18.9 Å². The van der Waals surface area contributed by atoms with Gasteiger partial charge in [0.2, 0.25) is 5.82 Å². The van der Waals surface area contributed by atoms with E-state index in [-0.39, 0.29) is 0 Å². The van der Waals surface area contributed by atoms with Crippen molar-refractivity contribution in [2.75, 3.05) is 5.73 Å². The van der Waals surface area contributed by atoms with Gasteiger partial charge in [0.25, 0.3) is 0 Å². The lowest BCUT2D eigenvalue weighted by Crippen LogP contribution is -2.05. The highest BCUT2D eigenvalue weighted by atomic mass is 19.1. The zero-order valence-corrected chi connectivity index (χ0v) is 12.0. The molecule has 0 radical (unpaired) electrons. The van der Waals surface area contributed by atoms with Crippen LogP contribution in [0, 0.1) is 5.82 Å². The molecule has 7 nitrogen and oxygen atoms in total. The number of halogens is 1. The highest BCUT2D eigenvalue weighted by Gasteiger charge is 2.27. The number of pyridine rings is 1. The van der Waals surface area contributed by atoms with E-state index in [1.165, 1.54) is 6.07 Å². The molecule has 114 valence electrons. The van der Waals surface area contributed by atoms with Crippen molar-refractivity contribution in [2.45, 2.75) is 18.8 Å². The molecule has 0 bridgehead atoms. The number of nitrogens with one attached hydrogen (secondary N) is 1. The Morgan fingerprint density at radius 2 is 2.17 bits per heavy atom. The van der Waals surface area contributed by atoms with Crippen molar-refractivity contribution >= 4 is 22.4 Å². The Morgan fingerprint density at radius 1 is 1.30 bits per heavy atom. The summed E-state index contributed by atoms with van der Waals surface area (Å²) in [4.78, 5) is 8.30. The molecule has 8 heteroatoms. The Kier molecular flexibility index (Phi) is 2.31. The number of nitrogens with two attached hydrogens (primary N) is 1. The number of nitrogens with zero attached hydrogens (tertiary/aromatic N) is 5. The van der Waals surface area contributed by atoms with E-state index in [2.05, 4.69) is 25.3 Å². The van der Waals surface area contributed by atoms with Crippen molar-refractivity contribution in [3.63, 3.8) is 0 Å². The molecule has 0 atom stereocenters. The molecule has 4 heterocycles. The number of hydrogen-bond acceptors (Lipinski definition) is 5. The lowest BCUT2D eigenvalue weighted by molar-refractivity contribution is 0.624. The van der Waals surface area contributed by atoms with Crippen molar-refractivity contribution < 1.29 is 4.39 Å². The first kappa shape index (κ1) is 12.5. The number of aromatic nitrogens is 6. The summed E-state index contributed by atoms with van der Waals surface area (Å²) >= 11 is 0. The predicted molar refractivity (Wildman–Crippen MR) is 82.2 cm³/mol.